The molecular weight excluding hydrogens is 244 g/mol. The molecule has 1 heterocycles. The van der Waals surface area contributed by atoms with Crippen molar-refractivity contribution in [2.45, 2.75) is 38.8 Å². The molecule has 0 aliphatic heterocycles. The van der Waals surface area contributed by atoms with Gasteiger partial charge in [0.25, 0.3) is 0 Å². The first-order valence-corrected chi connectivity index (χ1v) is 6.29. The summed E-state index contributed by atoms with van der Waals surface area (Å²) in [5, 5.41) is 9.44. The zero-order valence-corrected chi connectivity index (χ0v) is 12.0. The number of hydrogen-bond donors (Lipinski definition) is 1. The number of amides is 1. The number of ether oxygens (including phenoxy) is 1. The van der Waals surface area contributed by atoms with Crippen molar-refractivity contribution < 1.29 is 14.6 Å². The van der Waals surface area contributed by atoms with Gasteiger partial charge in [-0.15, -0.1) is 0 Å². The van der Waals surface area contributed by atoms with Gasteiger partial charge in [-0.1, -0.05) is 0 Å². The van der Waals surface area contributed by atoms with Gasteiger partial charge >= 0.3 is 6.09 Å². The zero-order valence-electron chi connectivity index (χ0n) is 12.0. The lowest BCUT2D eigenvalue weighted by Crippen LogP contribution is -2.43. The summed E-state index contributed by atoms with van der Waals surface area (Å²) in [7, 11) is 1.64. The normalized spacial score (nSPS) is 12.9. The van der Waals surface area contributed by atoms with Crippen molar-refractivity contribution in [2.75, 3.05) is 13.7 Å². The van der Waals surface area contributed by atoms with Crippen LogP contribution >= 0.6 is 0 Å². The molecule has 1 atom stereocenters. The minimum atomic E-state index is -0.540. The van der Waals surface area contributed by atoms with Crippen LogP contribution in [0.2, 0.25) is 0 Å². The van der Waals surface area contributed by atoms with Gasteiger partial charge in [0, 0.05) is 19.4 Å². The van der Waals surface area contributed by atoms with Crippen LogP contribution in [0.3, 0.4) is 0 Å². The third-order valence-corrected chi connectivity index (χ3v) is 2.66. The van der Waals surface area contributed by atoms with Crippen LogP contribution in [-0.4, -0.2) is 46.4 Å². The highest BCUT2D eigenvalue weighted by Crippen LogP contribution is 2.13. The summed E-state index contributed by atoms with van der Waals surface area (Å²) < 4.78 is 5.28. The molecule has 1 rings (SSSR count). The van der Waals surface area contributed by atoms with E-state index in [1.807, 2.05) is 32.9 Å². The van der Waals surface area contributed by atoms with Crippen molar-refractivity contribution in [3.63, 3.8) is 0 Å². The Bertz CT molecular complexity index is 401. The van der Waals surface area contributed by atoms with Gasteiger partial charge < -0.3 is 14.7 Å². The summed E-state index contributed by atoms with van der Waals surface area (Å²) in [4.78, 5) is 17.3. The van der Waals surface area contributed by atoms with E-state index in [-0.39, 0.29) is 12.6 Å². The minimum Gasteiger partial charge on any atom is -0.444 e. The van der Waals surface area contributed by atoms with E-state index in [2.05, 4.69) is 4.98 Å². The number of carbonyl (C=O) groups excluding carboxylic acids is 1. The Morgan fingerprint density at radius 3 is 2.47 bits per heavy atom. The Labute approximate surface area is 114 Å². The maximum Gasteiger partial charge on any atom is 0.410 e. The van der Waals surface area contributed by atoms with Crippen molar-refractivity contribution in [1.29, 1.82) is 0 Å². The largest absolute Gasteiger partial charge is 0.444 e. The van der Waals surface area contributed by atoms with Crippen LogP contribution in [0, 0.1) is 0 Å². The summed E-state index contributed by atoms with van der Waals surface area (Å²) in [6.45, 7) is 5.33. The highest BCUT2D eigenvalue weighted by Gasteiger charge is 2.25. The standard InChI is InChI=1S/C14H22N2O3/c1-14(2,3)19-13(18)16(4)12(10-17)9-11-5-7-15-8-6-11/h5-8,12,17H,9-10H2,1-4H3. The quantitative estimate of drug-likeness (QED) is 0.903. The van der Waals surface area contributed by atoms with Gasteiger partial charge in [0.2, 0.25) is 0 Å². The number of aliphatic hydroxyl groups excluding tert-OH is 1. The smallest absolute Gasteiger partial charge is 0.410 e. The lowest BCUT2D eigenvalue weighted by atomic mass is 10.1. The Hall–Kier alpha value is -1.62. The maximum atomic E-state index is 11.9. The van der Waals surface area contributed by atoms with E-state index in [9.17, 15) is 9.90 Å². The lowest BCUT2D eigenvalue weighted by molar-refractivity contribution is 0.0163. The van der Waals surface area contributed by atoms with Crippen LogP contribution in [0.25, 0.3) is 0 Å². The van der Waals surface area contributed by atoms with Crippen LogP contribution in [0.1, 0.15) is 26.3 Å². The number of nitrogens with zero attached hydrogens (tertiary/aromatic N) is 2. The summed E-state index contributed by atoms with van der Waals surface area (Å²) >= 11 is 0. The first-order valence-electron chi connectivity index (χ1n) is 6.29. The Morgan fingerprint density at radius 1 is 1.42 bits per heavy atom. The van der Waals surface area contributed by atoms with Gasteiger partial charge in [0.1, 0.15) is 5.60 Å². The topological polar surface area (TPSA) is 62.7 Å². The van der Waals surface area contributed by atoms with Gasteiger partial charge in [0.05, 0.1) is 12.6 Å². The molecule has 1 aromatic heterocycles. The van der Waals surface area contributed by atoms with Crippen molar-refractivity contribution in [2.24, 2.45) is 0 Å². The third kappa shape index (κ3) is 5.26. The third-order valence-electron chi connectivity index (χ3n) is 2.66. The van der Waals surface area contributed by atoms with E-state index in [4.69, 9.17) is 4.74 Å². The molecule has 0 aliphatic rings. The number of rotatable bonds is 4. The fraction of sp³-hybridized carbons (Fsp3) is 0.571. The zero-order chi connectivity index (χ0) is 14.5. The van der Waals surface area contributed by atoms with Crippen LogP contribution in [0.15, 0.2) is 24.5 Å². The molecule has 0 radical (unpaired) electrons. The van der Waals surface area contributed by atoms with E-state index in [1.54, 1.807) is 19.4 Å². The number of hydrogen-bond acceptors (Lipinski definition) is 4. The fourth-order valence-electron chi connectivity index (χ4n) is 1.60. The van der Waals surface area contributed by atoms with Crippen LogP contribution < -0.4 is 0 Å². The fourth-order valence-corrected chi connectivity index (χ4v) is 1.60. The first kappa shape index (κ1) is 15.4. The molecule has 106 valence electrons. The van der Waals surface area contributed by atoms with E-state index < -0.39 is 11.7 Å². The lowest BCUT2D eigenvalue weighted by Gasteiger charge is -2.29. The first-order chi connectivity index (χ1) is 8.83. The molecule has 0 spiro atoms. The molecule has 19 heavy (non-hydrogen) atoms. The van der Waals surface area contributed by atoms with E-state index in [0.717, 1.165) is 5.56 Å². The monoisotopic (exact) mass is 266 g/mol. The minimum absolute atomic E-state index is 0.113. The van der Waals surface area contributed by atoms with Gasteiger partial charge in [-0.05, 0) is 44.9 Å². The number of pyridine rings is 1. The summed E-state index contributed by atoms with van der Waals surface area (Å²) in [6, 6.07) is 3.43. The van der Waals surface area contributed by atoms with E-state index >= 15 is 0 Å². The van der Waals surface area contributed by atoms with Crippen molar-refractivity contribution in [3.8, 4) is 0 Å². The van der Waals surface area contributed by atoms with Gasteiger partial charge in [-0.25, -0.2) is 4.79 Å². The SMILES string of the molecule is CN(C(=O)OC(C)(C)C)C(CO)Cc1ccncc1. The second-order valence-corrected chi connectivity index (χ2v) is 5.49. The maximum absolute atomic E-state index is 11.9. The summed E-state index contributed by atoms with van der Waals surface area (Å²) in [6.07, 6.45) is 3.52. The average Bonchev–Trinajstić information content (AvgIpc) is 2.34. The highest BCUT2D eigenvalue weighted by molar-refractivity contribution is 5.68. The molecule has 0 saturated heterocycles. The molecule has 0 aromatic carbocycles. The molecule has 5 nitrogen and oxygen atoms in total. The van der Waals surface area contributed by atoms with Crippen molar-refractivity contribution in [3.05, 3.63) is 30.1 Å². The molecule has 0 saturated carbocycles. The molecule has 0 bridgehead atoms. The van der Waals surface area contributed by atoms with Crippen molar-refractivity contribution in [1.82, 2.24) is 9.88 Å². The molecule has 0 fully saturated rings. The molecule has 0 aliphatic carbocycles. The van der Waals surface area contributed by atoms with Crippen molar-refractivity contribution >= 4 is 6.09 Å². The predicted molar refractivity (Wildman–Crippen MR) is 72.8 cm³/mol. The molecule has 1 aromatic rings. The second kappa shape index (κ2) is 6.52. The Morgan fingerprint density at radius 2 is 2.00 bits per heavy atom. The summed E-state index contributed by atoms with van der Waals surface area (Å²) in [5.74, 6) is 0. The molecule has 5 heteroatoms. The number of carbonyl (C=O) groups is 1. The average molecular weight is 266 g/mol. The number of aliphatic hydroxyl groups is 1. The van der Waals surface area contributed by atoms with E-state index in [1.165, 1.54) is 4.90 Å². The Kier molecular flexibility index (Phi) is 5.30. The van der Waals surface area contributed by atoms with Crippen LogP contribution in [-0.2, 0) is 11.2 Å². The molecule has 1 unspecified atom stereocenters. The highest BCUT2D eigenvalue weighted by atomic mass is 16.6. The number of aromatic nitrogens is 1. The van der Waals surface area contributed by atoms with E-state index in [0.29, 0.717) is 6.42 Å². The van der Waals surface area contributed by atoms with Gasteiger partial charge in [-0.3, -0.25) is 4.98 Å². The predicted octanol–water partition coefficient (Wildman–Crippen LogP) is 1.85. The van der Waals surface area contributed by atoms with Crippen LogP contribution in [0.4, 0.5) is 4.79 Å². The van der Waals surface area contributed by atoms with Gasteiger partial charge in [-0.2, -0.15) is 0 Å². The summed E-state index contributed by atoms with van der Waals surface area (Å²) in [5.41, 5.74) is 0.478. The molecular formula is C14H22N2O3. The molecule has 1 amide bonds. The molecule has 1 N–H and O–H groups in total. The second-order valence-electron chi connectivity index (χ2n) is 5.49. The Balaban J connectivity index is 2.66. The van der Waals surface area contributed by atoms with Crippen LogP contribution in [0.5, 0.6) is 0 Å². The van der Waals surface area contributed by atoms with Gasteiger partial charge in [0.15, 0.2) is 0 Å². The number of likely N-dealkylation sites (N-methyl/N-ethyl adjacent to an activating group) is 1.